The van der Waals surface area contributed by atoms with Gasteiger partial charge in [-0.25, -0.2) is 4.79 Å². The van der Waals surface area contributed by atoms with Crippen molar-refractivity contribution in [3.8, 4) is 0 Å². The molecule has 1 heterocycles. The van der Waals surface area contributed by atoms with Gasteiger partial charge >= 0.3 is 6.03 Å². The third kappa shape index (κ3) is 4.54. The Morgan fingerprint density at radius 3 is 2.65 bits per heavy atom. The largest absolute Gasteiger partial charge is 0.341 e. The van der Waals surface area contributed by atoms with E-state index in [2.05, 4.69) is 16.0 Å². The number of aryl methyl sites for hydroxylation is 1. The molecule has 0 spiro atoms. The van der Waals surface area contributed by atoms with E-state index in [0.29, 0.717) is 6.54 Å². The number of hydrogen-bond donors (Lipinski definition) is 3. The van der Waals surface area contributed by atoms with E-state index in [-0.39, 0.29) is 5.91 Å². The van der Waals surface area contributed by atoms with Crippen molar-refractivity contribution in [3.63, 3.8) is 0 Å². The molecule has 5 nitrogen and oxygen atoms in total. The molecule has 0 saturated carbocycles. The molecule has 0 aromatic carbocycles. The lowest BCUT2D eigenvalue weighted by molar-refractivity contribution is -0.121. The summed E-state index contributed by atoms with van der Waals surface area (Å²) in [5, 5.41) is 7.61. The van der Waals surface area contributed by atoms with E-state index >= 15 is 0 Å². The minimum Gasteiger partial charge on any atom is -0.341 e. The monoisotopic (exact) mass is 255 g/mol. The molecule has 6 heteroatoms. The summed E-state index contributed by atoms with van der Waals surface area (Å²) in [7, 11) is 1.47. The maximum atomic E-state index is 11.5. The van der Waals surface area contributed by atoms with Crippen LogP contribution in [0.2, 0.25) is 0 Å². The fourth-order valence-electron chi connectivity index (χ4n) is 1.21. The Morgan fingerprint density at radius 1 is 1.41 bits per heavy atom. The third-order valence-corrected chi connectivity index (χ3v) is 3.24. The molecule has 1 aromatic heterocycles. The summed E-state index contributed by atoms with van der Waals surface area (Å²) in [5.74, 6) is -0.336. The van der Waals surface area contributed by atoms with Crippen LogP contribution in [0.5, 0.6) is 0 Å². The number of thiophene rings is 1. The highest BCUT2D eigenvalue weighted by Gasteiger charge is 2.14. The van der Waals surface area contributed by atoms with E-state index in [9.17, 15) is 9.59 Å². The van der Waals surface area contributed by atoms with E-state index in [1.807, 2.05) is 19.1 Å². The predicted molar refractivity (Wildman–Crippen MR) is 68.0 cm³/mol. The Kier molecular flexibility index (Phi) is 5.11. The number of nitrogens with one attached hydrogen (secondary N) is 3. The van der Waals surface area contributed by atoms with Crippen molar-refractivity contribution in [2.75, 3.05) is 7.05 Å². The molecule has 0 aliphatic rings. The molecule has 1 atom stereocenters. The van der Waals surface area contributed by atoms with E-state index in [1.165, 1.54) is 16.8 Å². The molecule has 0 radical (unpaired) electrons. The quantitative estimate of drug-likeness (QED) is 0.751. The van der Waals surface area contributed by atoms with Crippen molar-refractivity contribution in [2.24, 2.45) is 0 Å². The number of amides is 3. The molecule has 1 rings (SSSR count). The van der Waals surface area contributed by atoms with Crippen LogP contribution in [0.3, 0.4) is 0 Å². The Hall–Kier alpha value is -1.40. The molecule has 3 amide bonds. The van der Waals surface area contributed by atoms with E-state index in [1.54, 1.807) is 18.3 Å². The van der Waals surface area contributed by atoms with Crippen LogP contribution in [-0.4, -0.2) is 25.0 Å². The highest BCUT2D eigenvalue weighted by atomic mass is 32.1. The SMILES string of the molecule is CNC(=O)NC(=O)C(C)NCc1ccc(C)s1. The summed E-state index contributed by atoms with van der Waals surface area (Å²) in [4.78, 5) is 24.9. The lowest BCUT2D eigenvalue weighted by atomic mass is 10.3. The maximum Gasteiger partial charge on any atom is 0.321 e. The number of carbonyl (C=O) groups excluding carboxylic acids is 2. The fraction of sp³-hybridized carbons (Fsp3) is 0.455. The lowest BCUT2D eigenvalue weighted by Crippen LogP contribution is -2.47. The number of urea groups is 1. The first-order chi connectivity index (χ1) is 8.02. The zero-order valence-corrected chi connectivity index (χ0v) is 11.0. The zero-order chi connectivity index (χ0) is 12.8. The minimum absolute atomic E-state index is 0.336. The van der Waals surface area contributed by atoms with Gasteiger partial charge in [0.1, 0.15) is 0 Å². The van der Waals surface area contributed by atoms with Crippen LogP contribution in [0.4, 0.5) is 4.79 Å². The van der Waals surface area contributed by atoms with Crippen molar-refractivity contribution in [2.45, 2.75) is 26.4 Å². The Morgan fingerprint density at radius 2 is 2.12 bits per heavy atom. The van der Waals surface area contributed by atoms with Gasteiger partial charge in [0.15, 0.2) is 0 Å². The van der Waals surface area contributed by atoms with Crippen LogP contribution in [-0.2, 0) is 11.3 Å². The van der Waals surface area contributed by atoms with Gasteiger partial charge in [0.2, 0.25) is 5.91 Å². The van der Waals surface area contributed by atoms with Gasteiger partial charge in [0, 0.05) is 23.3 Å². The predicted octanol–water partition coefficient (Wildman–Crippen LogP) is 0.990. The Balaban J connectivity index is 2.36. The van der Waals surface area contributed by atoms with Gasteiger partial charge in [-0.2, -0.15) is 0 Å². The average molecular weight is 255 g/mol. The fourth-order valence-corrected chi connectivity index (χ4v) is 2.05. The Bertz CT molecular complexity index is 403. The van der Waals surface area contributed by atoms with Crippen LogP contribution < -0.4 is 16.0 Å². The van der Waals surface area contributed by atoms with Crippen LogP contribution in [0.25, 0.3) is 0 Å². The molecule has 0 bridgehead atoms. The first-order valence-electron chi connectivity index (χ1n) is 5.34. The second-order valence-electron chi connectivity index (χ2n) is 3.68. The van der Waals surface area contributed by atoms with Gasteiger partial charge in [-0.3, -0.25) is 10.1 Å². The first kappa shape index (κ1) is 13.7. The van der Waals surface area contributed by atoms with Crippen LogP contribution in [0, 0.1) is 6.92 Å². The topological polar surface area (TPSA) is 70.2 Å². The molecular formula is C11H17N3O2S. The second kappa shape index (κ2) is 6.36. The molecule has 1 unspecified atom stereocenters. The van der Waals surface area contributed by atoms with E-state index < -0.39 is 12.1 Å². The number of hydrogen-bond acceptors (Lipinski definition) is 4. The van der Waals surface area contributed by atoms with Gasteiger partial charge in [0.25, 0.3) is 0 Å². The average Bonchev–Trinajstić information content (AvgIpc) is 2.71. The summed E-state index contributed by atoms with van der Waals surface area (Å²) < 4.78 is 0. The number of imide groups is 1. The summed E-state index contributed by atoms with van der Waals surface area (Å²) in [6, 6.07) is 3.16. The summed E-state index contributed by atoms with van der Waals surface area (Å²) in [6.07, 6.45) is 0. The summed E-state index contributed by atoms with van der Waals surface area (Å²) in [5.41, 5.74) is 0. The molecule has 0 aliphatic carbocycles. The van der Waals surface area contributed by atoms with E-state index in [4.69, 9.17) is 0 Å². The summed E-state index contributed by atoms with van der Waals surface area (Å²) >= 11 is 1.69. The third-order valence-electron chi connectivity index (χ3n) is 2.24. The van der Waals surface area contributed by atoms with Gasteiger partial charge in [-0.05, 0) is 26.0 Å². The number of carbonyl (C=O) groups is 2. The lowest BCUT2D eigenvalue weighted by Gasteiger charge is -2.12. The van der Waals surface area contributed by atoms with Crippen LogP contribution in [0.1, 0.15) is 16.7 Å². The molecule has 0 fully saturated rings. The zero-order valence-electron chi connectivity index (χ0n) is 10.2. The number of rotatable bonds is 4. The molecule has 17 heavy (non-hydrogen) atoms. The van der Waals surface area contributed by atoms with Gasteiger partial charge in [-0.15, -0.1) is 11.3 Å². The standard InChI is InChI=1S/C11H17N3O2S/c1-7-4-5-9(17-7)6-13-8(2)10(15)14-11(16)12-3/h4-5,8,13H,6H2,1-3H3,(H2,12,14,15,16). The van der Waals surface area contributed by atoms with Crippen LogP contribution in [0.15, 0.2) is 12.1 Å². The smallest absolute Gasteiger partial charge is 0.321 e. The highest BCUT2D eigenvalue weighted by molar-refractivity contribution is 7.11. The van der Waals surface area contributed by atoms with Gasteiger partial charge in [0.05, 0.1) is 6.04 Å². The van der Waals surface area contributed by atoms with Crippen LogP contribution >= 0.6 is 11.3 Å². The molecule has 94 valence electrons. The van der Waals surface area contributed by atoms with Crippen molar-refractivity contribution in [3.05, 3.63) is 21.9 Å². The van der Waals surface area contributed by atoms with Crippen molar-refractivity contribution in [1.29, 1.82) is 0 Å². The molecule has 3 N–H and O–H groups in total. The van der Waals surface area contributed by atoms with Gasteiger partial charge in [-0.1, -0.05) is 0 Å². The molecule has 0 saturated heterocycles. The van der Waals surface area contributed by atoms with Crippen molar-refractivity contribution in [1.82, 2.24) is 16.0 Å². The van der Waals surface area contributed by atoms with E-state index in [0.717, 1.165) is 0 Å². The molecule has 0 aliphatic heterocycles. The van der Waals surface area contributed by atoms with Crippen molar-refractivity contribution < 1.29 is 9.59 Å². The minimum atomic E-state index is -0.490. The Labute approximate surface area is 105 Å². The van der Waals surface area contributed by atoms with Gasteiger partial charge < -0.3 is 10.6 Å². The second-order valence-corrected chi connectivity index (χ2v) is 5.06. The molecular weight excluding hydrogens is 238 g/mol. The molecule has 1 aromatic rings. The highest BCUT2D eigenvalue weighted by Crippen LogP contribution is 2.14. The van der Waals surface area contributed by atoms with Crippen molar-refractivity contribution >= 4 is 23.3 Å². The normalized spacial score (nSPS) is 11.9. The summed E-state index contributed by atoms with van der Waals surface area (Å²) in [6.45, 7) is 4.38. The maximum absolute atomic E-state index is 11.5. The first-order valence-corrected chi connectivity index (χ1v) is 6.16.